The molecule has 0 radical (unpaired) electrons. The number of carbonyl (C=O) groups excluding carboxylic acids is 2. The SMILES string of the molecule is CC(=O)c1cccc(NC(=O)N[C@@H](CC(=O)O)C(=O)O)c1. The van der Waals surface area contributed by atoms with Crippen molar-refractivity contribution in [3.05, 3.63) is 29.8 Å². The fraction of sp³-hybridized carbons (Fsp3) is 0.231. The van der Waals surface area contributed by atoms with Crippen molar-refractivity contribution in [3.63, 3.8) is 0 Å². The van der Waals surface area contributed by atoms with Crippen LogP contribution in [0.5, 0.6) is 0 Å². The minimum Gasteiger partial charge on any atom is -0.481 e. The maximum atomic E-state index is 11.6. The lowest BCUT2D eigenvalue weighted by atomic mass is 10.1. The molecule has 0 unspecified atom stereocenters. The zero-order chi connectivity index (χ0) is 16.0. The van der Waals surface area contributed by atoms with E-state index in [2.05, 4.69) is 5.32 Å². The molecule has 21 heavy (non-hydrogen) atoms. The summed E-state index contributed by atoms with van der Waals surface area (Å²) in [5.41, 5.74) is 0.674. The largest absolute Gasteiger partial charge is 0.481 e. The molecule has 1 atom stereocenters. The molecule has 0 bridgehead atoms. The van der Waals surface area contributed by atoms with E-state index in [1.54, 1.807) is 12.1 Å². The van der Waals surface area contributed by atoms with Crippen molar-refractivity contribution in [1.29, 1.82) is 0 Å². The van der Waals surface area contributed by atoms with Crippen molar-refractivity contribution in [2.24, 2.45) is 0 Å². The van der Waals surface area contributed by atoms with E-state index in [-0.39, 0.29) is 5.78 Å². The third kappa shape index (κ3) is 5.31. The van der Waals surface area contributed by atoms with Crippen LogP contribution in [0.25, 0.3) is 0 Å². The summed E-state index contributed by atoms with van der Waals surface area (Å²) in [6.45, 7) is 1.37. The van der Waals surface area contributed by atoms with Gasteiger partial charge in [-0.05, 0) is 19.1 Å². The molecule has 0 saturated carbocycles. The summed E-state index contributed by atoms with van der Waals surface area (Å²) in [5.74, 6) is -2.99. The first-order chi connectivity index (χ1) is 9.79. The number of carboxylic acids is 2. The Bertz CT molecular complexity index is 584. The van der Waals surface area contributed by atoms with Crippen LogP contribution in [0.15, 0.2) is 24.3 Å². The first-order valence-electron chi connectivity index (χ1n) is 5.92. The van der Waals surface area contributed by atoms with Gasteiger partial charge in [0, 0.05) is 11.3 Å². The van der Waals surface area contributed by atoms with E-state index in [9.17, 15) is 19.2 Å². The molecule has 0 aromatic heterocycles. The van der Waals surface area contributed by atoms with Crippen LogP contribution in [0.1, 0.15) is 23.7 Å². The first kappa shape index (κ1) is 16.2. The van der Waals surface area contributed by atoms with Crippen LogP contribution in [-0.2, 0) is 9.59 Å². The number of Topliss-reactive ketones (excluding diaryl/α,β-unsaturated/α-hetero) is 1. The molecule has 1 rings (SSSR count). The Kier molecular flexibility index (Phi) is 5.41. The van der Waals surface area contributed by atoms with Gasteiger partial charge >= 0.3 is 18.0 Å². The number of hydrogen-bond donors (Lipinski definition) is 4. The molecular weight excluding hydrogens is 280 g/mol. The highest BCUT2D eigenvalue weighted by atomic mass is 16.4. The van der Waals surface area contributed by atoms with Crippen molar-refractivity contribution >= 4 is 29.4 Å². The lowest BCUT2D eigenvalue weighted by molar-refractivity contribution is -0.145. The quantitative estimate of drug-likeness (QED) is 0.577. The number of anilines is 1. The second-order valence-corrected chi connectivity index (χ2v) is 4.22. The molecule has 1 aromatic carbocycles. The Morgan fingerprint density at radius 3 is 2.38 bits per heavy atom. The second kappa shape index (κ2) is 7.04. The number of carbonyl (C=O) groups is 4. The minimum atomic E-state index is -1.54. The Labute approximate surface area is 119 Å². The van der Waals surface area contributed by atoms with E-state index in [0.29, 0.717) is 11.3 Å². The van der Waals surface area contributed by atoms with Crippen molar-refractivity contribution in [2.45, 2.75) is 19.4 Å². The topological polar surface area (TPSA) is 133 Å². The van der Waals surface area contributed by atoms with Crippen molar-refractivity contribution in [2.75, 3.05) is 5.32 Å². The second-order valence-electron chi connectivity index (χ2n) is 4.22. The number of aliphatic carboxylic acids is 2. The zero-order valence-electron chi connectivity index (χ0n) is 11.1. The summed E-state index contributed by atoms with van der Waals surface area (Å²) >= 11 is 0. The number of ketones is 1. The molecule has 0 aliphatic carbocycles. The molecule has 8 nitrogen and oxygen atoms in total. The molecule has 4 N–H and O–H groups in total. The van der Waals surface area contributed by atoms with Crippen LogP contribution in [0.4, 0.5) is 10.5 Å². The Morgan fingerprint density at radius 1 is 1.19 bits per heavy atom. The summed E-state index contributed by atoms with van der Waals surface area (Å²) in [6, 6.07) is 3.64. The molecule has 0 saturated heterocycles. The molecule has 0 aliphatic heterocycles. The Balaban J connectivity index is 2.72. The van der Waals surface area contributed by atoms with E-state index >= 15 is 0 Å². The third-order valence-electron chi connectivity index (χ3n) is 2.51. The summed E-state index contributed by atoms with van der Waals surface area (Å²) < 4.78 is 0. The van der Waals surface area contributed by atoms with Gasteiger partial charge in [0.1, 0.15) is 6.04 Å². The normalized spacial score (nSPS) is 11.3. The lowest BCUT2D eigenvalue weighted by Gasteiger charge is -2.13. The van der Waals surface area contributed by atoms with Crippen molar-refractivity contribution < 1.29 is 29.4 Å². The highest BCUT2D eigenvalue weighted by Crippen LogP contribution is 2.11. The fourth-order valence-electron chi connectivity index (χ4n) is 1.52. The van der Waals surface area contributed by atoms with Crippen molar-refractivity contribution in [1.82, 2.24) is 5.32 Å². The smallest absolute Gasteiger partial charge is 0.326 e. The summed E-state index contributed by atoms with van der Waals surface area (Å²) in [6.07, 6.45) is -0.740. The molecule has 2 amide bonds. The monoisotopic (exact) mass is 294 g/mol. The standard InChI is InChI=1S/C13H14N2O6/c1-7(16)8-3-2-4-9(5-8)14-13(21)15-10(12(19)20)6-11(17)18/h2-5,10H,6H2,1H3,(H,17,18)(H,19,20)(H2,14,15,21)/t10-/m0/s1. The van der Waals surface area contributed by atoms with E-state index in [0.717, 1.165) is 0 Å². The maximum Gasteiger partial charge on any atom is 0.326 e. The van der Waals surface area contributed by atoms with Gasteiger partial charge in [0.25, 0.3) is 0 Å². The predicted molar refractivity (Wildman–Crippen MR) is 72.3 cm³/mol. The predicted octanol–water partition coefficient (Wildman–Crippen LogP) is 0.939. The van der Waals surface area contributed by atoms with E-state index in [4.69, 9.17) is 10.2 Å². The average molecular weight is 294 g/mol. The number of nitrogens with one attached hydrogen (secondary N) is 2. The summed E-state index contributed by atoms with van der Waals surface area (Å²) in [5, 5.41) is 21.7. The van der Waals surface area contributed by atoms with Crippen LogP contribution in [-0.4, -0.2) is 40.0 Å². The van der Waals surface area contributed by atoms with Crippen molar-refractivity contribution in [3.8, 4) is 0 Å². The molecule has 112 valence electrons. The van der Waals surface area contributed by atoms with E-state index in [1.807, 2.05) is 5.32 Å². The van der Waals surface area contributed by atoms with Gasteiger partial charge < -0.3 is 20.8 Å². The van der Waals surface area contributed by atoms with Gasteiger partial charge in [0.15, 0.2) is 5.78 Å². The first-order valence-corrected chi connectivity index (χ1v) is 5.92. The molecular formula is C13H14N2O6. The molecule has 1 aromatic rings. The number of rotatable bonds is 6. The molecule has 0 fully saturated rings. The average Bonchev–Trinajstić information content (AvgIpc) is 2.37. The van der Waals surface area contributed by atoms with Gasteiger partial charge in [-0.2, -0.15) is 0 Å². The highest BCUT2D eigenvalue weighted by Gasteiger charge is 2.23. The summed E-state index contributed by atoms with van der Waals surface area (Å²) in [7, 11) is 0. The van der Waals surface area contributed by atoms with E-state index in [1.165, 1.54) is 19.1 Å². The van der Waals surface area contributed by atoms with Gasteiger partial charge in [-0.15, -0.1) is 0 Å². The van der Waals surface area contributed by atoms with Gasteiger partial charge in [0.2, 0.25) is 0 Å². The maximum absolute atomic E-state index is 11.6. The highest BCUT2D eigenvalue weighted by molar-refractivity contribution is 5.97. The summed E-state index contributed by atoms with van der Waals surface area (Å²) in [4.78, 5) is 44.1. The van der Waals surface area contributed by atoms with E-state index < -0.39 is 30.4 Å². The third-order valence-corrected chi connectivity index (χ3v) is 2.51. The molecule has 0 spiro atoms. The lowest BCUT2D eigenvalue weighted by Crippen LogP contribution is -2.44. The Hall–Kier alpha value is -2.90. The number of carboxylic acid groups (broad SMARTS) is 2. The van der Waals surface area contributed by atoms with Crippen LogP contribution in [0, 0.1) is 0 Å². The minimum absolute atomic E-state index is 0.187. The number of amides is 2. The number of hydrogen-bond acceptors (Lipinski definition) is 4. The number of benzene rings is 1. The van der Waals surface area contributed by atoms with Gasteiger partial charge in [-0.3, -0.25) is 9.59 Å². The van der Waals surface area contributed by atoms with Crippen LogP contribution >= 0.6 is 0 Å². The van der Waals surface area contributed by atoms with Gasteiger partial charge in [0.05, 0.1) is 6.42 Å². The van der Waals surface area contributed by atoms with Gasteiger partial charge in [-0.25, -0.2) is 9.59 Å². The molecule has 0 heterocycles. The van der Waals surface area contributed by atoms with Crippen LogP contribution in [0.2, 0.25) is 0 Å². The Morgan fingerprint density at radius 2 is 1.86 bits per heavy atom. The van der Waals surface area contributed by atoms with Crippen LogP contribution in [0.3, 0.4) is 0 Å². The van der Waals surface area contributed by atoms with Crippen LogP contribution < -0.4 is 10.6 Å². The molecule has 0 aliphatic rings. The number of urea groups is 1. The fourth-order valence-corrected chi connectivity index (χ4v) is 1.52. The van der Waals surface area contributed by atoms with Gasteiger partial charge in [-0.1, -0.05) is 12.1 Å². The zero-order valence-corrected chi connectivity index (χ0v) is 11.1. The molecule has 8 heteroatoms.